The number of allylic oxidation sites excluding steroid dienone is 1. The average Bonchev–Trinajstić information content (AvgIpc) is 3.39. The highest BCUT2D eigenvalue weighted by Gasteiger charge is 2.59. The summed E-state index contributed by atoms with van der Waals surface area (Å²) in [5.41, 5.74) is 3.91. The molecule has 5 unspecified atom stereocenters. The topological polar surface area (TPSA) is 92.7 Å². The van der Waals surface area contributed by atoms with Crippen LogP contribution in [0.1, 0.15) is 91.5 Å². The fourth-order valence-electron chi connectivity index (χ4n) is 9.81. The van der Waals surface area contributed by atoms with Crippen molar-refractivity contribution in [3.05, 3.63) is 59.4 Å². The van der Waals surface area contributed by atoms with Crippen molar-refractivity contribution < 1.29 is 37.8 Å². The fraction of sp³-hybridized carbons (Fsp3) is 0.658. The van der Waals surface area contributed by atoms with Gasteiger partial charge in [-0.15, -0.1) is 0 Å². The summed E-state index contributed by atoms with van der Waals surface area (Å²) in [6, 6.07) is 6.39. The van der Waals surface area contributed by atoms with Crippen molar-refractivity contribution in [2.75, 3.05) is 6.61 Å². The number of oxime groups is 1. The number of carbonyl (C=O) groups excluding carboxylic acids is 2. The van der Waals surface area contributed by atoms with Gasteiger partial charge in [0, 0.05) is 19.8 Å². The molecule has 5 aliphatic rings. The molecule has 1 aromatic rings. The highest BCUT2D eigenvalue weighted by molar-refractivity contribution is 5.85. The van der Waals surface area contributed by atoms with Gasteiger partial charge in [0.1, 0.15) is 31.2 Å². The summed E-state index contributed by atoms with van der Waals surface area (Å²) in [5, 5.41) is 4.58. The minimum atomic E-state index is -0.629. The van der Waals surface area contributed by atoms with Crippen LogP contribution in [0.2, 0.25) is 0 Å². The van der Waals surface area contributed by atoms with Gasteiger partial charge in [-0.25, -0.2) is 4.39 Å². The molecule has 4 aliphatic carbocycles. The third kappa shape index (κ3) is 7.07. The molecule has 6 rings (SSSR count). The molecule has 0 saturated heterocycles. The zero-order valence-corrected chi connectivity index (χ0v) is 28.4. The second-order valence-corrected chi connectivity index (χ2v) is 14.9. The van der Waals surface area contributed by atoms with Gasteiger partial charge >= 0.3 is 11.9 Å². The van der Waals surface area contributed by atoms with Gasteiger partial charge in [-0.1, -0.05) is 42.8 Å². The van der Waals surface area contributed by atoms with Crippen LogP contribution < -0.4 is 0 Å². The number of nitrogens with zero attached hydrogens (tertiary/aromatic N) is 1. The second kappa shape index (κ2) is 13.8. The summed E-state index contributed by atoms with van der Waals surface area (Å²) in [7, 11) is 0. The lowest BCUT2D eigenvalue weighted by molar-refractivity contribution is -0.213. The van der Waals surface area contributed by atoms with Gasteiger partial charge in [0.2, 0.25) is 0 Å². The molecule has 256 valence electrons. The van der Waals surface area contributed by atoms with E-state index in [1.54, 1.807) is 24.3 Å². The third-order valence-electron chi connectivity index (χ3n) is 12.1. The minimum absolute atomic E-state index is 0.0101. The van der Waals surface area contributed by atoms with E-state index in [2.05, 4.69) is 32.0 Å². The summed E-state index contributed by atoms with van der Waals surface area (Å²) in [5.74, 6) is 1.33. The van der Waals surface area contributed by atoms with E-state index >= 15 is 0 Å². The maximum atomic E-state index is 13.3. The third-order valence-corrected chi connectivity index (χ3v) is 12.1. The number of ether oxygens (including phenoxy) is 4. The van der Waals surface area contributed by atoms with Crippen molar-refractivity contribution in [2.45, 2.75) is 117 Å². The molecule has 1 heterocycles. The highest BCUT2D eigenvalue weighted by Crippen LogP contribution is 2.66. The van der Waals surface area contributed by atoms with Crippen molar-refractivity contribution in [3.63, 3.8) is 0 Å². The van der Waals surface area contributed by atoms with E-state index in [0.717, 1.165) is 43.4 Å². The van der Waals surface area contributed by atoms with E-state index in [0.29, 0.717) is 30.3 Å². The smallest absolute Gasteiger partial charge is 0.303 e. The minimum Gasteiger partial charge on any atom is -0.463 e. The zero-order valence-electron chi connectivity index (χ0n) is 28.4. The summed E-state index contributed by atoms with van der Waals surface area (Å²) in [6.07, 6.45) is 13.1. The Balaban J connectivity index is 1.08. The standard InChI is InChI=1S/C38H50FNO7/c1-23(40-44-21-26-6-9-28(39)10-7-26)31-12-13-32-30-11-8-27-20-29(16-18-37(27,4)33(30)17-19-38(31,32)5)46-36-15-14-34(45-25(3)42)35(47-36)22-43-24(2)41/h6-10,14-15,29-36H,11-13,16-22H2,1-5H3/b40-23+/t29?,30?,31-,32?,33?,34+,35-,36?,37+,38-/m1/s1. The maximum absolute atomic E-state index is 13.3. The molecule has 0 amide bonds. The molecule has 3 fully saturated rings. The number of esters is 2. The number of fused-ring (bicyclic) bond motifs is 5. The van der Waals surface area contributed by atoms with Crippen LogP contribution >= 0.6 is 0 Å². The lowest BCUT2D eigenvalue weighted by Gasteiger charge is -2.58. The molecule has 10 atom stereocenters. The van der Waals surface area contributed by atoms with E-state index in [1.807, 2.05) is 0 Å². The van der Waals surface area contributed by atoms with Crippen molar-refractivity contribution >= 4 is 17.7 Å². The molecule has 8 nitrogen and oxygen atoms in total. The van der Waals surface area contributed by atoms with E-state index < -0.39 is 30.4 Å². The van der Waals surface area contributed by atoms with Gasteiger partial charge in [-0.2, -0.15) is 0 Å². The first-order valence-corrected chi connectivity index (χ1v) is 17.4. The van der Waals surface area contributed by atoms with Gasteiger partial charge < -0.3 is 23.8 Å². The van der Waals surface area contributed by atoms with Crippen molar-refractivity contribution in [1.29, 1.82) is 0 Å². The Hall–Kier alpha value is -3.04. The Labute approximate surface area is 278 Å². The predicted octanol–water partition coefficient (Wildman–Crippen LogP) is 7.46. The van der Waals surface area contributed by atoms with E-state index in [4.69, 9.17) is 23.8 Å². The fourth-order valence-corrected chi connectivity index (χ4v) is 9.81. The first-order valence-electron chi connectivity index (χ1n) is 17.4. The van der Waals surface area contributed by atoms with Gasteiger partial charge in [-0.05, 0) is 117 Å². The van der Waals surface area contributed by atoms with Crippen molar-refractivity contribution in [3.8, 4) is 0 Å². The van der Waals surface area contributed by atoms with Crippen LogP contribution in [0.3, 0.4) is 0 Å². The average molecular weight is 652 g/mol. The molecule has 0 radical (unpaired) electrons. The lowest BCUT2D eigenvalue weighted by Crippen LogP contribution is -2.51. The molecule has 3 saturated carbocycles. The molecule has 9 heteroatoms. The Morgan fingerprint density at radius 3 is 2.51 bits per heavy atom. The summed E-state index contributed by atoms with van der Waals surface area (Å²) in [6.45, 7) is 10.1. The molecule has 47 heavy (non-hydrogen) atoms. The Bertz CT molecular complexity index is 1410. The summed E-state index contributed by atoms with van der Waals surface area (Å²) < 4.78 is 36.4. The molecule has 0 aromatic heterocycles. The molecule has 1 aromatic carbocycles. The number of halogens is 1. The van der Waals surface area contributed by atoms with Gasteiger partial charge in [0.05, 0.1) is 11.8 Å². The summed E-state index contributed by atoms with van der Waals surface area (Å²) >= 11 is 0. The second-order valence-electron chi connectivity index (χ2n) is 14.9. The lowest BCUT2D eigenvalue weighted by atomic mass is 9.47. The van der Waals surface area contributed by atoms with Crippen molar-refractivity contribution in [1.82, 2.24) is 0 Å². The van der Waals surface area contributed by atoms with E-state index in [1.165, 1.54) is 50.8 Å². The first-order chi connectivity index (χ1) is 22.5. The van der Waals surface area contributed by atoms with E-state index in [-0.39, 0.29) is 29.4 Å². The van der Waals surface area contributed by atoms with Gasteiger partial charge in [0.25, 0.3) is 0 Å². The SMILES string of the molecule is CC(=O)OC[C@H]1OC(OC2CC[C@@]3(C)C(=CCC4C3CC[C@@]3(C)C4CC[C@@H]3/C(C)=N/OCc3ccc(F)cc3)C2)C=C[C@@H]1OC(C)=O. The number of hydrogen-bond acceptors (Lipinski definition) is 8. The van der Waals surface area contributed by atoms with Gasteiger partial charge in [-0.3, -0.25) is 9.59 Å². The van der Waals surface area contributed by atoms with Crippen LogP contribution in [0.5, 0.6) is 0 Å². The monoisotopic (exact) mass is 651 g/mol. The van der Waals surface area contributed by atoms with E-state index in [9.17, 15) is 14.0 Å². The molecular weight excluding hydrogens is 601 g/mol. The van der Waals surface area contributed by atoms with Crippen LogP contribution in [0, 0.1) is 40.3 Å². The molecule has 0 N–H and O–H groups in total. The zero-order chi connectivity index (χ0) is 33.3. The first kappa shape index (κ1) is 33.8. The van der Waals surface area contributed by atoms with Crippen LogP contribution in [0.15, 0.2) is 53.2 Å². The normalized spacial score (nSPS) is 38.0. The Kier molecular flexibility index (Phi) is 9.96. The Morgan fingerprint density at radius 2 is 1.77 bits per heavy atom. The number of hydrogen-bond donors (Lipinski definition) is 0. The highest BCUT2D eigenvalue weighted by atomic mass is 19.1. The maximum Gasteiger partial charge on any atom is 0.303 e. The quantitative estimate of drug-likeness (QED) is 0.118. The Morgan fingerprint density at radius 1 is 0.979 bits per heavy atom. The van der Waals surface area contributed by atoms with Crippen LogP contribution in [0.25, 0.3) is 0 Å². The van der Waals surface area contributed by atoms with Crippen LogP contribution in [-0.2, 0) is 40.0 Å². The molecule has 0 spiro atoms. The predicted molar refractivity (Wildman–Crippen MR) is 174 cm³/mol. The molecule has 0 bridgehead atoms. The number of rotatable bonds is 9. The van der Waals surface area contributed by atoms with Crippen LogP contribution in [-0.4, -0.2) is 48.9 Å². The largest absolute Gasteiger partial charge is 0.463 e. The number of carbonyl (C=O) groups is 2. The molecule has 1 aliphatic heterocycles. The van der Waals surface area contributed by atoms with Gasteiger partial charge in [0.15, 0.2) is 6.29 Å². The van der Waals surface area contributed by atoms with Crippen LogP contribution in [0.4, 0.5) is 4.39 Å². The summed E-state index contributed by atoms with van der Waals surface area (Å²) in [4.78, 5) is 28.8. The molecular formula is C38H50FNO7. The number of benzene rings is 1. The van der Waals surface area contributed by atoms with Crippen molar-refractivity contribution in [2.24, 2.45) is 39.7 Å².